The van der Waals surface area contributed by atoms with Gasteiger partial charge in [-0.25, -0.2) is 0 Å². The Balaban J connectivity index is 1.67. The zero-order chi connectivity index (χ0) is 15.2. The molecule has 22 heavy (non-hydrogen) atoms. The summed E-state index contributed by atoms with van der Waals surface area (Å²) in [6.45, 7) is 1.60. The zero-order valence-corrected chi connectivity index (χ0v) is 14.8. The third kappa shape index (κ3) is 4.00. The molecular weight excluding hydrogens is 386 g/mol. The molecule has 3 heteroatoms. The fourth-order valence-electron chi connectivity index (χ4n) is 2.57. The minimum absolute atomic E-state index is 0.233. The van der Waals surface area contributed by atoms with Gasteiger partial charge in [-0.1, -0.05) is 0 Å². The van der Waals surface area contributed by atoms with Crippen LogP contribution in [0.4, 0.5) is 0 Å². The van der Waals surface area contributed by atoms with Crippen molar-refractivity contribution in [1.82, 2.24) is 4.90 Å². The van der Waals surface area contributed by atoms with Gasteiger partial charge in [-0.2, -0.15) is 0 Å². The molecule has 1 heterocycles. The summed E-state index contributed by atoms with van der Waals surface area (Å²) in [7, 11) is 0. The van der Waals surface area contributed by atoms with E-state index in [0.29, 0.717) is 0 Å². The second-order valence-electron chi connectivity index (χ2n) is 5.39. The summed E-state index contributed by atoms with van der Waals surface area (Å²) < 4.78 is 3.62. The van der Waals surface area contributed by atoms with Crippen LogP contribution in [0.25, 0.3) is 0 Å². The van der Waals surface area contributed by atoms with E-state index in [4.69, 9.17) is 0 Å². The van der Waals surface area contributed by atoms with Gasteiger partial charge in [0.15, 0.2) is 0 Å². The second-order valence-corrected chi connectivity index (χ2v) is 8.08. The molecule has 1 fully saturated rings. The zero-order valence-electron chi connectivity index (χ0n) is 12.4. The monoisotopic (exact) mass is 407 g/mol. The third-order valence-corrected chi connectivity index (χ3v) is 6.43. The van der Waals surface area contributed by atoms with Crippen LogP contribution in [0, 0.1) is 0 Å². The number of carbonyl (C=O) groups excluding carboxylic acids is 1. The first-order valence-corrected chi connectivity index (χ1v) is 10.1. The average Bonchev–Trinajstić information content (AvgIpc) is 2.58. The van der Waals surface area contributed by atoms with Crippen molar-refractivity contribution in [3.05, 3.63) is 75.9 Å². The van der Waals surface area contributed by atoms with Crippen molar-refractivity contribution in [2.75, 3.05) is 6.54 Å². The molecule has 0 unspecified atom stereocenters. The second kappa shape index (κ2) is 7.63. The molecule has 3 rings (SSSR count). The van der Waals surface area contributed by atoms with Gasteiger partial charge in [-0.15, -0.1) is 0 Å². The van der Waals surface area contributed by atoms with Crippen LogP contribution in [0.15, 0.2) is 70.4 Å². The molecule has 1 amide bonds. The molecule has 0 bridgehead atoms. The number of amides is 1. The number of nitrogens with zero attached hydrogens (tertiary/aromatic N) is 1. The van der Waals surface area contributed by atoms with Crippen LogP contribution in [-0.4, -0.2) is 38.3 Å². The molecule has 0 spiro atoms. The Morgan fingerprint density at radius 2 is 1.68 bits per heavy atom. The molecule has 0 N–H and O–H groups in total. The molecule has 1 saturated heterocycles. The summed E-state index contributed by atoms with van der Waals surface area (Å²) in [6.07, 6.45) is 2.01. The number of carbonyl (C=O) groups is 1. The molecule has 0 radical (unpaired) electrons. The average molecular weight is 405 g/mol. The van der Waals surface area contributed by atoms with Crippen LogP contribution >= 0.6 is 0 Å². The molecule has 2 aromatic rings. The normalized spacial score (nSPS) is 17.0. The fraction of sp³-hybridized carbons (Fsp3) is 0.211. The van der Waals surface area contributed by atoms with Crippen molar-refractivity contribution in [3.8, 4) is 0 Å². The van der Waals surface area contributed by atoms with Gasteiger partial charge in [-0.05, 0) is 0 Å². The fourth-order valence-corrected chi connectivity index (χ4v) is 4.89. The van der Waals surface area contributed by atoms with Crippen molar-refractivity contribution < 1.29 is 4.79 Å². The van der Waals surface area contributed by atoms with Crippen LogP contribution in [0.1, 0.15) is 18.4 Å². The molecular formula is C19H19NOTe. The van der Waals surface area contributed by atoms with E-state index in [1.807, 2.05) is 29.2 Å². The molecule has 0 atom stereocenters. The van der Waals surface area contributed by atoms with E-state index in [0.717, 1.165) is 31.5 Å². The number of rotatable bonds is 4. The van der Waals surface area contributed by atoms with Crippen LogP contribution in [0.2, 0.25) is 0 Å². The Morgan fingerprint density at radius 1 is 1.00 bits per heavy atom. The first-order valence-electron chi connectivity index (χ1n) is 7.57. The Morgan fingerprint density at radius 3 is 2.41 bits per heavy atom. The molecule has 2 aromatic carbocycles. The topological polar surface area (TPSA) is 20.3 Å². The van der Waals surface area contributed by atoms with Crippen LogP contribution in [-0.2, 0) is 11.3 Å². The Bertz CT molecular complexity index is 652. The Kier molecular flexibility index (Phi) is 5.32. The summed E-state index contributed by atoms with van der Waals surface area (Å²) >= 11 is -0.406. The maximum absolute atomic E-state index is 12.6. The standard InChI is InChI=1S/C19H19NOTe/c21-19-17(15-22-18-11-5-2-6-12-18)10-7-13-20(19)14-16-8-3-1-4-9-16/h1-6,8-9,11-12,15H,7,10,13-14H2/b17-15-. The number of piperidine rings is 1. The van der Waals surface area contributed by atoms with Crippen molar-refractivity contribution in [3.63, 3.8) is 0 Å². The number of likely N-dealkylation sites (tertiary alicyclic amines) is 1. The van der Waals surface area contributed by atoms with E-state index in [9.17, 15) is 4.79 Å². The Hall–Kier alpha value is -1.56. The first-order chi connectivity index (χ1) is 10.8. The summed E-state index contributed by atoms with van der Waals surface area (Å²) in [5.41, 5.74) is 2.23. The van der Waals surface area contributed by atoms with E-state index in [2.05, 4.69) is 40.5 Å². The molecule has 1 aliphatic rings. The minimum atomic E-state index is -0.406. The predicted molar refractivity (Wildman–Crippen MR) is 91.0 cm³/mol. The summed E-state index contributed by atoms with van der Waals surface area (Å²) in [6, 6.07) is 20.8. The molecule has 112 valence electrons. The van der Waals surface area contributed by atoms with Gasteiger partial charge in [0.25, 0.3) is 0 Å². The van der Waals surface area contributed by atoms with Crippen LogP contribution < -0.4 is 3.61 Å². The van der Waals surface area contributed by atoms with E-state index in [1.165, 1.54) is 9.17 Å². The summed E-state index contributed by atoms with van der Waals surface area (Å²) in [4.78, 5) is 14.6. The van der Waals surface area contributed by atoms with Gasteiger partial charge < -0.3 is 0 Å². The molecule has 0 aliphatic carbocycles. The quantitative estimate of drug-likeness (QED) is 0.566. The third-order valence-electron chi connectivity index (χ3n) is 3.73. The van der Waals surface area contributed by atoms with Crippen LogP contribution in [0.5, 0.6) is 0 Å². The molecule has 1 aliphatic heterocycles. The summed E-state index contributed by atoms with van der Waals surface area (Å²) in [5, 5.41) is 0. The van der Waals surface area contributed by atoms with Gasteiger partial charge in [0, 0.05) is 0 Å². The van der Waals surface area contributed by atoms with E-state index in [-0.39, 0.29) is 5.91 Å². The summed E-state index contributed by atoms with van der Waals surface area (Å²) in [5.74, 6) is 0.233. The van der Waals surface area contributed by atoms with Gasteiger partial charge in [0.05, 0.1) is 0 Å². The van der Waals surface area contributed by atoms with Crippen molar-refractivity contribution in [1.29, 1.82) is 0 Å². The predicted octanol–water partition coefficient (Wildman–Crippen LogP) is 2.72. The Labute approximate surface area is 141 Å². The number of hydrogen-bond acceptors (Lipinski definition) is 1. The number of benzene rings is 2. The van der Waals surface area contributed by atoms with Crippen molar-refractivity contribution in [2.45, 2.75) is 19.4 Å². The SMILES string of the molecule is O=C1/C(=C\[Te]c2ccccc2)CCCN1Cc1ccccc1. The van der Waals surface area contributed by atoms with Crippen molar-refractivity contribution in [2.24, 2.45) is 0 Å². The molecule has 0 saturated carbocycles. The number of hydrogen-bond donors (Lipinski definition) is 0. The van der Waals surface area contributed by atoms with Gasteiger partial charge >= 0.3 is 142 Å². The van der Waals surface area contributed by atoms with E-state index in [1.54, 1.807) is 0 Å². The first kappa shape index (κ1) is 15.3. The molecule has 2 nitrogen and oxygen atoms in total. The van der Waals surface area contributed by atoms with Gasteiger partial charge in [0.1, 0.15) is 0 Å². The molecule has 0 aromatic heterocycles. The van der Waals surface area contributed by atoms with E-state index >= 15 is 0 Å². The van der Waals surface area contributed by atoms with E-state index < -0.39 is 20.9 Å². The van der Waals surface area contributed by atoms with Gasteiger partial charge in [0.2, 0.25) is 0 Å². The van der Waals surface area contributed by atoms with Crippen molar-refractivity contribution >= 4 is 30.4 Å². The van der Waals surface area contributed by atoms with Gasteiger partial charge in [-0.3, -0.25) is 0 Å². The maximum atomic E-state index is 12.6. The van der Waals surface area contributed by atoms with Crippen LogP contribution in [0.3, 0.4) is 0 Å².